The zero-order valence-corrected chi connectivity index (χ0v) is 17.2. The van der Waals surface area contributed by atoms with Crippen LogP contribution in [0.3, 0.4) is 0 Å². The van der Waals surface area contributed by atoms with E-state index >= 15 is 0 Å². The van der Waals surface area contributed by atoms with Crippen molar-refractivity contribution in [3.05, 3.63) is 57.1 Å². The monoisotopic (exact) mass is 430 g/mol. The Morgan fingerprint density at radius 3 is 2.85 bits per heavy atom. The highest BCUT2D eigenvalue weighted by Crippen LogP contribution is 2.41. The zero-order chi connectivity index (χ0) is 19.0. The highest BCUT2D eigenvalue weighted by Gasteiger charge is 2.28. The summed E-state index contributed by atoms with van der Waals surface area (Å²) >= 11 is 3.73. The van der Waals surface area contributed by atoms with Crippen molar-refractivity contribution in [2.75, 3.05) is 20.3 Å². The van der Waals surface area contributed by atoms with E-state index in [1.807, 2.05) is 18.2 Å². The van der Waals surface area contributed by atoms with Crippen molar-refractivity contribution in [1.29, 1.82) is 0 Å². The van der Waals surface area contributed by atoms with E-state index in [0.29, 0.717) is 25.6 Å². The number of carbonyl (C=O) groups excluding carboxylic acids is 1. The van der Waals surface area contributed by atoms with Crippen LogP contribution in [0, 0.1) is 6.92 Å². The Balaban J connectivity index is 1.43. The minimum Gasteiger partial charge on any atom is -0.493 e. The van der Waals surface area contributed by atoms with Crippen LogP contribution in [-0.4, -0.2) is 26.3 Å². The Hall–Kier alpha value is -2.01. The van der Waals surface area contributed by atoms with Gasteiger partial charge >= 0.3 is 5.97 Å². The van der Waals surface area contributed by atoms with Gasteiger partial charge in [0.1, 0.15) is 11.5 Å². The van der Waals surface area contributed by atoms with Crippen LogP contribution in [0.2, 0.25) is 0 Å². The Morgan fingerprint density at radius 1 is 1.22 bits per heavy atom. The lowest BCUT2D eigenvalue weighted by atomic mass is 9.98. The van der Waals surface area contributed by atoms with Gasteiger partial charge in [0.15, 0.2) is 0 Å². The van der Waals surface area contributed by atoms with E-state index in [1.54, 1.807) is 0 Å². The highest BCUT2D eigenvalue weighted by molar-refractivity contribution is 9.10. The Kier molecular flexibility index (Phi) is 5.13. The molecule has 0 radical (unpaired) electrons. The summed E-state index contributed by atoms with van der Waals surface area (Å²) in [6.07, 6.45) is 2.55. The maximum absolute atomic E-state index is 11.5. The first-order valence-electron chi connectivity index (χ1n) is 9.31. The molecule has 4 nitrogen and oxygen atoms in total. The molecule has 0 unspecified atom stereocenters. The number of esters is 1. The number of ether oxygens (including phenoxy) is 3. The van der Waals surface area contributed by atoms with Crippen LogP contribution >= 0.6 is 15.9 Å². The SMILES string of the molecule is COC(=O)C[C@@H]1COc2cc(OC[C@@H]3CCc4c3ccc(C)c4Br)ccc21. The van der Waals surface area contributed by atoms with Crippen LogP contribution in [0.25, 0.3) is 0 Å². The maximum Gasteiger partial charge on any atom is 0.306 e. The molecule has 2 aromatic rings. The number of aryl methyl sites for hydroxylation is 1. The average molecular weight is 431 g/mol. The number of fused-ring (bicyclic) bond motifs is 2. The van der Waals surface area contributed by atoms with E-state index in [2.05, 4.69) is 35.0 Å². The first-order valence-corrected chi connectivity index (χ1v) is 10.1. The Labute approximate surface area is 167 Å². The van der Waals surface area contributed by atoms with Gasteiger partial charge in [-0.1, -0.05) is 34.1 Å². The largest absolute Gasteiger partial charge is 0.493 e. The van der Waals surface area contributed by atoms with Crippen molar-refractivity contribution in [3.8, 4) is 11.5 Å². The van der Waals surface area contributed by atoms with Crippen molar-refractivity contribution in [1.82, 2.24) is 0 Å². The van der Waals surface area contributed by atoms with Crippen LogP contribution < -0.4 is 9.47 Å². The molecule has 0 bridgehead atoms. The first kappa shape index (κ1) is 18.4. The van der Waals surface area contributed by atoms with Crippen molar-refractivity contribution in [3.63, 3.8) is 0 Å². The van der Waals surface area contributed by atoms with Gasteiger partial charge in [0.2, 0.25) is 0 Å². The minimum absolute atomic E-state index is 0.0591. The summed E-state index contributed by atoms with van der Waals surface area (Å²) in [5.41, 5.74) is 5.15. The van der Waals surface area contributed by atoms with Gasteiger partial charge in [-0.25, -0.2) is 0 Å². The summed E-state index contributed by atoms with van der Waals surface area (Å²) in [5.74, 6) is 1.89. The molecule has 1 heterocycles. The third-order valence-electron chi connectivity index (χ3n) is 5.61. The molecule has 1 aliphatic heterocycles. The second-order valence-corrected chi connectivity index (χ2v) is 8.09. The molecular weight excluding hydrogens is 408 g/mol. The average Bonchev–Trinajstić information content (AvgIpc) is 3.27. The van der Waals surface area contributed by atoms with Gasteiger partial charge in [-0.05, 0) is 42.5 Å². The molecule has 0 fully saturated rings. The predicted molar refractivity (Wildman–Crippen MR) is 107 cm³/mol. The molecule has 0 spiro atoms. The van der Waals surface area contributed by atoms with Crippen molar-refractivity contribution in [2.24, 2.45) is 0 Å². The molecule has 142 valence electrons. The predicted octanol–water partition coefficient (Wildman–Crippen LogP) is 4.91. The van der Waals surface area contributed by atoms with Crippen molar-refractivity contribution in [2.45, 2.75) is 38.0 Å². The van der Waals surface area contributed by atoms with E-state index in [0.717, 1.165) is 29.9 Å². The van der Waals surface area contributed by atoms with Gasteiger partial charge in [-0.2, -0.15) is 0 Å². The van der Waals surface area contributed by atoms with E-state index < -0.39 is 0 Å². The molecule has 2 atom stereocenters. The van der Waals surface area contributed by atoms with Crippen LogP contribution in [0.4, 0.5) is 0 Å². The lowest BCUT2D eigenvalue weighted by Gasteiger charge is -2.15. The number of hydrogen-bond acceptors (Lipinski definition) is 4. The summed E-state index contributed by atoms with van der Waals surface area (Å²) in [6.45, 7) is 3.30. The number of rotatable bonds is 5. The molecule has 0 N–H and O–H groups in total. The summed E-state index contributed by atoms with van der Waals surface area (Å²) in [6, 6.07) is 10.3. The Bertz CT molecular complexity index is 877. The van der Waals surface area contributed by atoms with Gasteiger partial charge in [-0.3, -0.25) is 4.79 Å². The van der Waals surface area contributed by atoms with Gasteiger partial charge in [0.05, 0.1) is 26.7 Å². The number of methoxy groups -OCH3 is 1. The smallest absolute Gasteiger partial charge is 0.306 e. The number of benzene rings is 2. The fourth-order valence-corrected chi connectivity index (χ4v) is 4.59. The zero-order valence-electron chi connectivity index (χ0n) is 15.6. The highest BCUT2D eigenvalue weighted by atomic mass is 79.9. The van der Waals surface area contributed by atoms with Crippen LogP contribution in [0.5, 0.6) is 11.5 Å². The van der Waals surface area contributed by atoms with Crippen LogP contribution in [0.15, 0.2) is 34.8 Å². The standard InChI is InChI=1S/C22H23BrO4/c1-13-3-6-17-14(4-7-19(17)22(13)23)11-26-16-5-8-18-15(9-21(24)25-2)12-27-20(18)10-16/h3,5-6,8,10,14-15H,4,7,9,11-12H2,1-2H3/t14-,15+/m0/s1. The van der Waals surface area contributed by atoms with Gasteiger partial charge in [0, 0.05) is 27.9 Å². The normalized spacial score (nSPS) is 20.0. The van der Waals surface area contributed by atoms with Crippen molar-refractivity contribution < 1.29 is 19.0 Å². The second kappa shape index (κ2) is 7.55. The molecule has 5 heteroatoms. The molecule has 27 heavy (non-hydrogen) atoms. The van der Waals surface area contributed by atoms with Gasteiger partial charge in [-0.15, -0.1) is 0 Å². The lowest BCUT2D eigenvalue weighted by molar-refractivity contribution is -0.141. The first-order chi connectivity index (χ1) is 13.1. The Morgan fingerprint density at radius 2 is 2.04 bits per heavy atom. The van der Waals surface area contributed by atoms with E-state index in [4.69, 9.17) is 14.2 Å². The van der Waals surface area contributed by atoms with Gasteiger partial charge in [0.25, 0.3) is 0 Å². The quantitative estimate of drug-likeness (QED) is 0.632. The molecule has 0 amide bonds. The van der Waals surface area contributed by atoms with E-state index in [1.165, 1.54) is 28.3 Å². The van der Waals surface area contributed by atoms with Gasteiger partial charge < -0.3 is 14.2 Å². The summed E-state index contributed by atoms with van der Waals surface area (Å²) in [4.78, 5) is 11.5. The molecule has 0 saturated carbocycles. The molecule has 0 saturated heterocycles. The minimum atomic E-state index is -0.210. The fraction of sp³-hybridized carbons (Fsp3) is 0.409. The molecule has 1 aliphatic carbocycles. The second-order valence-electron chi connectivity index (χ2n) is 7.30. The van der Waals surface area contributed by atoms with Crippen LogP contribution in [-0.2, 0) is 16.0 Å². The summed E-state index contributed by atoms with van der Waals surface area (Å²) in [5, 5.41) is 0. The fourth-order valence-electron chi connectivity index (χ4n) is 4.03. The molecule has 2 aliphatic rings. The number of carbonyl (C=O) groups is 1. The maximum atomic E-state index is 11.5. The summed E-state index contributed by atoms with van der Waals surface area (Å²) < 4.78 is 17.9. The van der Waals surface area contributed by atoms with Crippen LogP contribution in [0.1, 0.15) is 46.9 Å². The molecule has 0 aromatic heterocycles. The molecule has 4 rings (SSSR count). The third kappa shape index (κ3) is 3.57. The van der Waals surface area contributed by atoms with Crippen molar-refractivity contribution >= 4 is 21.9 Å². The number of hydrogen-bond donors (Lipinski definition) is 0. The van der Waals surface area contributed by atoms with E-state index in [-0.39, 0.29) is 11.9 Å². The van der Waals surface area contributed by atoms with E-state index in [9.17, 15) is 4.79 Å². The number of halogens is 1. The third-order valence-corrected chi connectivity index (χ3v) is 6.72. The molecular formula is C22H23BrO4. The molecule has 2 aromatic carbocycles. The topological polar surface area (TPSA) is 44.8 Å². The summed E-state index contributed by atoms with van der Waals surface area (Å²) in [7, 11) is 1.41. The lowest BCUT2D eigenvalue weighted by Crippen LogP contribution is -2.09.